The maximum Gasteiger partial charge on any atom is 0.251 e. The molecule has 1 saturated heterocycles. The Morgan fingerprint density at radius 2 is 2.18 bits per heavy atom. The molecule has 2 atom stereocenters. The average Bonchev–Trinajstić information content (AvgIpc) is 2.82. The molecule has 0 spiro atoms. The first kappa shape index (κ1) is 8.53. The van der Waals surface area contributed by atoms with E-state index in [0.717, 1.165) is 19.5 Å². The van der Waals surface area contributed by atoms with Gasteiger partial charge in [-0.2, -0.15) is 0 Å². The first-order chi connectivity index (χ1) is 5.16. The number of amides is 1. The molecule has 0 aliphatic carbocycles. The number of aliphatic hydroxyl groups is 1. The number of rotatable bonds is 3. The van der Waals surface area contributed by atoms with Gasteiger partial charge in [-0.1, -0.05) is 20.3 Å². The molecule has 3 nitrogen and oxygen atoms in total. The normalized spacial score (nSPS) is 21.2. The Labute approximate surface area is 67.0 Å². The van der Waals surface area contributed by atoms with E-state index in [-0.39, 0.29) is 11.8 Å². The van der Waals surface area contributed by atoms with Crippen molar-refractivity contribution in [2.45, 2.75) is 26.4 Å². The molecular weight excluding hydrogens is 142 g/mol. The van der Waals surface area contributed by atoms with Crippen molar-refractivity contribution >= 4 is 5.91 Å². The largest absolute Gasteiger partial charge is 0.383 e. The summed E-state index contributed by atoms with van der Waals surface area (Å²) in [6, 6.07) is 0. The van der Waals surface area contributed by atoms with Gasteiger partial charge in [0.25, 0.3) is 5.91 Å². The lowest BCUT2D eigenvalue weighted by Gasteiger charge is -2.15. The predicted molar refractivity (Wildman–Crippen MR) is 42.0 cm³/mol. The third-order valence-electron chi connectivity index (χ3n) is 2.19. The number of nitrogens with zero attached hydrogens (tertiary/aromatic N) is 1. The van der Waals surface area contributed by atoms with Gasteiger partial charge in [0.05, 0.1) is 0 Å². The molecule has 0 radical (unpaired) electrons. The molecule has 3 heteroatoms. The Morgan fingerprint density at radius 3 is 2.55 bits per heavy atom. The van der Waals surface area contributed by atoms with E-state index in [2.05, 4.69) is 0 Å². The van der Waals surface area contributed by atoms with E-state index in [0.29, 0.717) is 0 Å². The molecule has 0 aromatic heterocycles. The van der Waals surface area contributed by atoms with Crippen molar-refractivity contribution in [3.63, 3.8) is 0 Å². The minimum absolute atomic E-state index is 0.0862. The average molecular weight is 157 g/mol. The minimum atomic E-state index is -0.775. The molecule has 0 bridgehead atoms. The molecule has 0 aromatic carbocycles. The van der Waals surface area contributed by atoms with E-state index < -0.39 is 6.10 Å². The second kappa shape index (κ2) is 3.22. The Morgan fingerprint density at radius 1 is 1.64 bits per heavy atom. The van der Waals surface area contributed by atoms with Crippen LogP contribution in [-0.2, 0) is 4.79 Å². The number of carbonyl (C=O) groups excluding carboxylic acids is 1. The van der Waals surface area contributed by atoms with Gasteiger partial charge in [0, 0.05) is 13.1 Å². The maximum atomic E-state index is 11.2. The zero-order chi connectivity index (χ0) is 8.43. The highest BCUT2D eigenvalue weighted by Crippen LogP contribution is 2.14. The zero-order valence-electron chi connectivity index (χ0n) is 7.08. The van der Waals surface area contributed by atoms with Crippen molar-refractivity contribution in [2.75, 3.05) is 13.1 Å². The van der Waals surface area contributed by atoms with Crippen LogP contribution in [0, 0.1) is 5.92 Å². The van der Waals surface area contributed by atoms with Gasteiger partial charge in [0.15, 0.2) is 0 Å². The molecule has 1 rings (SSSR count). The summed E-state index contributed by atoms with van der Waals surface area (Å²) in [7, 11) is 0. The van der Waals surface area contributed by atoms with Crippen LogP contribution in [0.3, 0.4) is 0 Å². The SMILES string of the molecule is CCC(C)C(O)C(=O)N1CC1. The summed E-state index contributed by atoms with van der Waals surface area (Å²) in [6.07, 6.45) is 0.0725. The van der Waals surface area contributed by atoms with Crippen molar-refractivity contribution in [3.05, 3.63) is 0 Å². The van der Waals surface area contributed by atoms with Gasteiger partial charge in [0.1, 0.15) is 6.10 Å². The molecule has 1 N–H and O–H groups in total. The van der Waals surface area contributed by atoms with E-state index in [1.807, 2.05) is 13.8 Å². The summed E-state index contributed by atoms with van der Waals surface area (Å²) in [6.45, 7) is 5.52. The molecule has 2 unspecified atom stereocenters. The molecule has 1 aliphatic rings. The predicted octanol–water partition coefficient (Wildman–Crippen LogP) is 0.236. The van der Waals surface area contributed by atoms with Gasteiger partial charge in [-0.25, -0.2) is 0 Å². The molecule has 1 aliphatic heterocycles. The van der Waals surface area contributed by atoms with Crippen LogP contribution < -0.4 is 0 Å². The van der Waals surface area contributed by atoms with Crippen molar-refractivity contribution < 1.29 is 9.90 Å². The quantitative estimate of drug-likeness (QED) is 0.596. The zero-order valence-corrected chi connectivity index (χ0v) is 7.08. The van der Waals surface area contributed by atoms with Gasteiger partial charge in [-0.15, -0.1) is 0 Å². The summed E-state index contributed by atoms with van der Waals surface area (Å²) in [4.78, 5) is 12.8. The minimum Gasteiger partial charge on any atom is -0.383 e. The number of aliphatic hydroxyl groups excluding tert-OH is 1. The number of hydrogen-bond acceptors (Lipinski definition) is 2. The second-order valence-corrected chi connectivity index (χ2v) is 3.16. The van der Waals surface area contributed by atoms with Crippen LogP contribution in [0.25, 0.3) is 0 Å². The number of carbonyl (C=O) groups is 1. The third kappa shape index (κ3) is 1.93. The van der Waals surface area contributed by atoms with Crippen LogP contribution in [0.1, 0.15) is 20.3 Å². The van der Waals surface area contributed by atoms with E-state index in [4.69, 9.17) is 0 Å². The van der Waals surface area contributed by atoms with Crippen LogP contribution in [-0.4, -0.2) is 35.1 Å². The van der Waals surface area contributed by atoms with Gasteiger partial charge in [-0.05, 0) is 5.92 Å². The van der Waals surface area contributed by atoms with Crippen LogP contribution in [0.15, 0.2) is 0 Å². The third-order valence-corrected chi connectivity index (χ3v) is 2.19. The highest BCUT2D eigenvalue weighted by atomic mass is 16.3. The summed E-state index contributed by atoms with van der Waals surface area (Å²) < 4.78 is 0. The second-order valence-electron chi connectivity index (χ2n) is 3.16. The van der Waals surface area contributed by atoms with E-state index >= 15 is 0 Å². The Hall–Kier alpha value is -0.570. The molecule has 11 heavy (non-hydrogen) atoms. The van der Waals surface area contributed by atoms with Gasteiger partial charge < -0.3 is 10.0 Å². The standard InChI is InChI=1S/C8H15NO2/c1-3-6(2)7(10)8(11)9-4-5-9/h6-7,10H,3-5H2,1-2H3. The highest BCUT2D eigenvalue weighted by Gasteiger charge is 2.31. The molecule has 0 saturated carbocycles. The fourth-order valence-corrected chi connectivity index (χ4v) is 0.924. The first-order valence-corrected chi connectivity index (χ1v) is 4.13. The van der Waals surface area contributed by atoms with Gasteiger partial charge in [0.2, 0.25) is 0 Å². The van der Waals surface area contributed by atoms with Crippen molar-refractivity contribution in [1.82, 2.24) is 4.90 Å². The van der Waals surface area contributed by atoms with Crippen LogP contribution in [0.2, 0.25) is 0 Å². The molecule has 0 aromatic rings. The Kier molecular flexibility index (Phi) is 2.49. The van der Waals surface area contributed by atoms with Crippen molar-refractivity contribution in [2.24, 2.45) is 5.92 Å². The highest BCUT2D eigenvalue weighted by molar-refractivity contribution is 5.82. The smallest absolute Gasteiger partial charge is 0.251 e. The molecule has 1 fully saturated rings. The molecule has 1 amide bonds. The monoisotopic (exact) mass is 157 g/mol. The van der Waals surface area contributed by atoms with Crippen LogP contribution >= 0.6 is 0 Å². The van der Waals surface area contributed by atoms with Gasteiger partial charge >= 0.3 is 0 Å². The van der Waals surface area contributed by atoms with E-state index in [1.54, 1.807) is 4.90 Å². The summed E-state index contributed by atoms with van der Waals surface area (Å²) in [5.74, 6) is -0.0116. The summed E-state index contributed by atoms with van der Waals surface area (Å²) in [5.41, 5.74) is 0. The fraction of sp³-hybridized carbons (Fsp3) is 0.875. The van der Waals surface area contributed by atoms with Gasteiger partial charge in [-0.3, -0.25) is 4.79 Å². The van der Waals surface area contributed by atoms with Crippen LogP contribution in [0.4, 0.5) is 0 Å². The number of hydrogen-bond donors (Lipinski definition) is 1. The lowest BCUT2D eigenvalue weighted by molar-refractivity contribution is -0.136. The van der Waals surface area contributed by atoms with Crippen molar-refractivity contribution in [3.8, 4) is 0 Å². The van der Waals surface area contributed by atoms with E-state index in [9.17, 15) is 9.90 Å². The Balaban J connectivity index is 2.38. The molecular formula is C8H15NO2. The maximum absolute atomic E-state index is 11.2. The molecule has 64 valence electrons. The molecule has 1 heterocycles. The summed E-state index contributed by atoms with van der Waals surface area (Å²) in [5, 5.41) is 9.41. The fourth-order valence-electron chi connectivity index (χ4n) is 0.924. The lowest BCUT2D eigenvalue weighted by Crippen LogP contribution is -2.32. The summed E-state index contributed by atoms with van der Waals surface area (Å²) >= 11 is 0. The lowest BCUT2D eigenvalue weighted by atomic mass is 10.0. The topological polar surface area (TPSA) is 40.3 Å². The Bertz CT molecular complexity index is 154. The van der Waals surface area contributed by atoms with E-state index in [1.165, 1.54) is 0 Å². The first-order valence-electron chi connectivity index (χ1n) is 4.13. The van der Waals surface area contributed by atoms with Crippen LogP contribution in [0.5, 0.6) is 0 Å². The van der Waals surface area contributed by atoms with Crippen molar-refractivity contribution in [1.29, 1.82) is 0 Å².